The molecule has 8 nitrogen and oxygen atoms in total. The van der Waals surface area contributed by atoms with Crippen LogP contribution in [0, 0.1) is 0 Å². The molecule has 4 N–H and O–H groups in total. The Balaban J connectivity index is 2.17. The number of amides is 3. The molecular formula is C23H29N3O5. The van der Waals surface area contributed by atoms with Gasteiger partial charge >= 0.3 is 12.0 Å². The van der Waals surface area contributed by atoms with E-state index in [2.05, 4.69) is 10.6 Å². The number of carbonyl (C=O) groups excluding carboxylic acids is 3. The molecule has 2 aromatic rings. The van der Waals surface area contributed by atoms with Crippen LogP contribution in [0.5, 0.6) is 5.75 Å². The van der Waals surface area contributed by atoms with Gasteiger partial charge in [-0.15, -0.1) is 0 Å². The Morgan fingerprint density at radius 2 is 1.45 bits per heavy atom. The van der Waals surface area contributed by atoms with Gasteiger partial charge in [-0.1, -0.05) is 42.5 Å². The lowest BCUT2D eigenvalue weighted by molar-refractivity contribution is -0.148. The maximum Gasteiger partial charge on any atom is 0.312 e. The number of esters is 1. The van der Waals surface area contributed by atoms with E-state index in [-0.39, 0.29) is 24.9 Å². The summed E-state index contributed by atoms with van der Waals surface area (Å²) >= 11 is 0. The predicted octanol–water partition coefficient (Wildman–Crippen LogP) is 2.99. The first-order valence-electron chi connectivity index (χ1n) is 10.0. The zero-order valence-electron chi connectivity index (χ0n) is 18.0. The molecule has 0 saturated heterocycles. The second-order valence-corrected chi connectivity index (χ2v) is 7.31. The Labute approximate surface area is 182 Å². The smallest absolute Gasteiger partial charge is 0.312 e. The maximum atomic E-state index is 12.8. The lowest BCUT2D eigenvalue weighted by Gasteiger charge is -2.22. The van der Waals surface area contributed by atoms with Crippen LogP contribution in [0.4, 0.5) is 4.79 Å². The van der Waals surface area contributed by atoms with Crippen molar-refractivity contribution in [2.45, 2.75) is 44.9 Å². The summed E-state index contributed by atoms with van der Waals surface area (Å²) in [6.07, 6.45) is -0.337. The number of nitrogens with one attached hydrogen (secondary N) is 2. The number of carbonyl (C=O) groups is 3. The minimum Gasteiger partial charge on any atom is -0.497 e. The van der Waals surface area contributed by atoms with Gasteiger partial charge in [-0.05, 0) is 37.1 Å². The van der Waals surface area contributed by atoms with Gasteiger partial charge in [-0.2, -0.15) is 0 Å². The van der Waals surface area contributed by atoms with Crippen molar-refractivity contribution in [1.29, 1.82) is 0 Å². The highest BCUT2D eigenvalue weighted by atomic mass is 16.5. The zero-order chi connectivity index (χ0) is 22.8. The zero-order valence-corrected chi connectivity index (χ0v) is 18.0. The number of hydrogen-bond acceptors (Lipinski definition) is 5. The van der Waals surface area contributed by atoms with Crippen LogP contribution in [0.25, 0.3) is 0 Å². The minimum atomic E-state index is -0.728. The van der Waals surface area contributed by atoms with Crippen LogP contribution in [-0.2, 0) is 14.3 Å². The van der Waals surface area contributed by atoms with E-state index < -0.39 is 24.1 Å². The van der Waals surface area contributed by atoms with Gasteiger partial charge in [-0.3, -0.25) is 9.59 Å². The van der Waals surface area contributed by atoms with E-state index in [1.54, 1.807) is 57.4 Å². The molecule has 166 valence electrons. The highest BCUT2D eigenvalue weighted by Crippen LogP contribution is 2.23. The summed E-state index contributed by atoms with van der Waals surface area (Å²) in [5, 5.41) is 5.47. The molecule has 3 amide bonds. The molecule has 2 atom stereocenters. The predicted molar refractivity (Wildman–Crippen MR) is 116 cm³/mol. The van der Waals surface area contributed by atoms with Gasteiger partial charge < -0.3 is 25.8 Å². The number of rotatable bonds is 10. The Kier molecular flexibility index (Phi) is 8.87. The van der Waals surface area contributed by atoms with E-state index in [9.17, 15) is 14.4 Å². The number of ether oxygens (including phenoxy) is 2. The third-order valence-electron chi connectivity index (χ3n) is 4.50. The average Bonchev–Trinajstić information content (AvgIpc) is 2.72. The van der Waals surface area contributed by atoms with E-state index in [4.69, 9.17) is 15.2 Å². The fourth-order valence-corrected chi connectivity index (χ4v) is 3.11. The van der Waals surface area contributed by atoms with Gasteiger partial charge in [0.15, 0.2) is 0 Å². The highest BCUT2D eigenvalue weighted by molar-refractivity contribution is 5.80. The number of methoxy groups -OCH3 is 1. The van der Waals surface area contributed by atoms with E-state index in [1.165, 1.54) is 0 Å². The molecule has 0 fully saturated rings. The van der Waals surface area contributed by atoms with Crippen molar-refractivity contribution >= 4 is 17.9 Å². The Morgan fingerprint density at radius 1 is 0.871 bits per heavy atom. The summed E-state index contributed by atoms with van der Waals surface area (Å²) in [6.45, 7) is 3.53. The third-order valence-corrected chi connectivity index (χ3v) is 4.50. The second kappa shape index (κ2) is 11.6. The molecule has 0 aliphatic carbocycles. The summed E-state index contributed by atoms with van der Waals surface area (Å²) < 4.78 is 10.4. The van der Waals surface area contributed by atoms with Crippen molar-refractivity contribution in [3.8, 4) is 5.75 Å². The number of benzene rings is 2. The second-order valence-electron chi connectivity index (χ2n) is 7.31. The van der Waals surface area contributed by atoms with Crippen LogP contribution >= 0.6 is 0 Å². The van der Waals surface area contributed by atoms with Gasteiger partial charge in [0.25, 0.3) is 0 Å². The molecule has 0 aliphatic rings. The van der Waals surface area contributed by atoms with E-state index in [0.717, 1.165) is 11.1 Å². The summed E-state index contributed by atoms with van der Waals surface area (Å²) in [4.78, 5) is 36.5. The Morgan fingerprint density at radius 3 is 2.00 bits per heavy atom. The van der Waals surface area contributed by atoms with Gasteiger partial charge in [0.2, 0.25) is 5.91 Å². The quantitative estimate of drug-likeness (QED) is 0.504. The number of hydrogen-bond donors (Lipinski definition) is 3. The molecule has 0 aromatic heterocycles. The van der Waals surface area contributed by atoms with Gasteiger partial charge in [0, 0.05) is 0 Å². The van der Waals surface area contributed by atoms with Crippen molar-refractivity contribution < 1.29 is 23.9 Å². The maximum absolute atomic E-state index is 12.8. The molecule has 2 rings (SSSR count). The van der Waals surface area contributed by atoms with Gasteiger partial charge in [0.05, 0.1) is 38.1 Å². The summed E-state index contributed by atoms with van der Waals surface area (Å²) in [6, 6.07) is 14.2. The highest BCUT2D eigenvalue weighted by Gasteiger charge is 2.23. The molecule has 0 saturated carbocycles. The van der Waals surface area contributed by atoms with E-state index in [0.29, 0.717) is 5.75 Å². The van der Waals surface area contributed by atoms with Crippen LogP contribution in [0.15, 0.2) is 54.6 Å². The standard InChI is InChI=1S/C23H29N3O5/c1-15(2)31-22(28)14-20(17-9-11-18(30-3)12-10-17)25-21(27)13-19(26-23(24)29)16-7-5-4-6-8-16/h4-12,15,19-20H,13-14H2,1-3H3,(H,25,27)(H3,24,26,29)/t19-,20-/m0/s1. The van der Waals surface area contributed by atoms with E-state index >= 15 is 0 Å². The molecule has 0 spiro atoms. The molecule has 0 radical (unpaired) electrons. The van der Waals surface area contributed by atoms with Crippen LogP contribution in [-0.4, -0.2) is 31.1 Å². The largest absolute Gasteiger partial charge is 0.497 e. The molecule has 0 bridgehead atoms. The minimum absolute atomic E-state index is 0.0322. The van der Waals surface area contributed by atoms with Gasteiger partial charge in [0.1, 0.15) is 5.75 Å². The molecular weight excluding hydrogens is 398 g/mol. The Hall–Kier alpha value is -3.55. The monoisotopic (exact) mass is 427 g/mol. The summed E-state index contributed by atoms with van der Waals surface area (Å²) in [7, 11) is 1.56. The molecule has 31 heavy (non-hydrogen) atoms. The third kappa shape index (κ3) is 8.00. The first-order chi connectivity index (χ1) is 14.8. The molecule has 0 heterocycles. The van der Waals surface area contributed by atoms with Crippen LogP contribution in [0.1, 0.15) is 49.9 Å². The molecule has 0 aliphatic heterocycles. The van der Waals surface area contributed by atoms with Gasteiger partial charge in [-0.25, -0.2) is 4.79 Å². The number of primary amides is 1. The van der Waals surface area contributed by atoms with Crippen molar-refractivity contribution in [2.24, 2.45) is 5.73 Å². The first-order valence-corrected chi connectivity index (χ1v) is 10.0. The molecule has 8 heteroatoms. The fraction of sp³-hybridized carbons (Fsp3) is 0.348. The van der Waals surface area contributed by atoms with Crippen molar-refractivity contribution in [3.63, 3.8) is 0 Å². The molecule has 2 aromatic carbocycles. The number of nitrogens with two attached hydrogens (primary N) is 1. The lowest BCUT2D eigenvalue weighted by atomic mass is 10.0. The SMILES string of the molecule is COc1ccc([C@H](CC(=O)OC(C)C)NC(=O)C[C@H](NC(N)=O)c2ccccc2)cc1. The normalized spacial score (nSPS) is 12.5. The number of urea groups is 1. The average molecular weight is 428 g/mol. The molecule has 0 unspecified atom stereocenters. The van der Waals surface area contributed by atoms with Crippen LogP contribution in [0.2, 0.25) is 0 Å². The van der Waals surface area contributed by atoms with E-state index in [1.807, 2.05) is 18.2 Å². The van der Waals surface area contributed by atoms with Crippen molar-refractivity contribution in [1.82, 2.24) is 10.6 Å². The van der Waals surface area contributed by atoms with Crippen molar-refractivity contribution in [2.75, 3.05) is 7.11 Å². The fourth-order valence-electron chi connectivity index (χ4n) is 3.11. The van der Waals surface area contributed by atoms with Crippen molar-refractivity contribution in [3.05, 3.63) is 65.7 Å². The Bertz CT molecular complexity index is 869. The van der Waals surface area contributed by atoms with Crippen LogP contribution in [0.3, 0.4) is 0 Å². The summed E-state index contributed by atoms with van der Waals surface area (Å²) in [5.74, 6) is -0.111. The summed E-state index contributed by atoms with van der Waals surface area (Å²) in [5.41, 5.74) is 6.76. The first kappa shape index (κ1) is 23.7. The lowest BCUT2D eigenvalue weighted by Crippen LogP contribution is -2.38. The topological polar surface area (TPSA) is 120 Å². The van der Waals surface area contributed by atoms with Crippen LogP contribution < -0.4 is 21.1 Å².